The molecule has 0 spiro atoms. The fourth-order valence-corrected chi connectivity index (χ4v) is 1.74. The summed E-state index contributed by atoms with van der Waals surface area (Å²) in [5.41, 5.74) is -0.810. The lowest BCUT2D eigenvalue weighted by Crippen LogP contribution is -2.31. The topological polar surface area (TPSA) is 55.6 Å². The van der Waals surface area contributed by atoms with Gasteiger partial charge in [-0.2, -0.15) is 13.2 Å². The molecule has 8 heteroatoms. The van der Waals surface area contributed by atoms with Crippen LogP contribution in [0.5, 0.6) is 5.95 Å². The summed E-state index contributed by atoms with van der Waals surface area (Å²) in [7, 11) is 1.54. The van der Waals surface area contributed by atoms with Crippen molar-refractivity contribution in [2.24, 2.45) is 0 Å². The van der Waals surface area contributed by atoms with Crippen LogP contribution in [0.1, 0.15) is 11.3 Å². The van der Waals surface area contributed by atoms with Crippen LogP contribution < -0.4 is 9.64 Å². The minimum absolute atomic E-state index is 0.289. The van der Waals surface area contributed by atoms with Crippen molar-refractivity contribution < 1.29 is 27.2 Å². The number of rotatable bonds is 4. The van der Waals surface area contributed by atoms with E-state index >= 15 is 0 Å². The zero-order valence-corrected chi connectivity index (χ0v) is 11.8. The third-order valence-electron chi connectivity index (χ3n) is 2.99. The molecule has 2 aromatic rings. The summed E-state index contributed by atoms with van der Waals surface area (Å²) in [6.07, 6.45) is -4.62. The Balaban J connectivity index is 2.02. The lowest BCUT2D eigenvalue weighted by Gasteiger charge is -2.16. The molecule has 1 amide bonds. The van der Waals surface area contributed by atoms with Crippen molar-refractivity contribution in [2.45, 2.75) is 13.1 Å². The predicted octanol–water partition coefficient (Wildman–Crippen LogP) is 3.04. The van der Waals surface area contributed by atoms with Crippen LogP contribution in [0.2, 0.25) is 0 Å². The molecule has 0 fully saturated rings. The lowest BCUT2D eigenvalue weighted by molar-refractivity contribution is -0.143. The van der Waals surface area contributed by atoms with Crippen LogP contribution in [0, 0.1) is 6.92 Å². The summed E-state index contributed by atoms with van der Waals surface area (Å²) in [6, 6.07) is 8.76. The van der Waals surface area contributed by atoms with Gasteiger partial charge in [0.2, 0.25) is 0 Å². The first-order valence-electron chi connectivity index (χ1n) is 6.28. The maximum atomic E-state index is 12.6. The van der Waals surface area contributed by atoms with E-state index in [9.17, 15) is 18.0 Å². The first-order chi connectivity index (χ1) is 10.3. The normalized spacial score (nSPS) is 11.3. The molecule has 0 saturated carbocycles. The molecule has 0 N–H and O–H groups in total. The number of para-hydroxylation sites is 1. The predicted molar refractivity (Wildman–Crippen MR) is 71.6 cm³/mol. The number of amides is 1. The first kappa shape index (κ1) is 15.9. The van der Waals surface area contributed by atoms with Gasteiger partial charge in [-0.15, -0.1) is 0 Å². The smallest absolute Gasteiger partial charge is 0.437 e. The van der Waals surface area contributed by atoms with Gasteiger partial charge in [-0.25, -0.2) is 0 Å². The molecule has 0 atom stereocenters. The number of benzene rings is 1. The van der Waals surface area contributed by atoms with Crippen molar-refractivity contribution in [3.8, 4) is 5.95 Å². The van der Waals surface area contributed by atoms with Crippen LogP contribution in [-0.4, -0.2) is 24.7 Å². The number of aromatic nitrogens is 1. The highest BCUT2D eigenvalue weighted by Gasteiger charge is 2.38. The highest BCUT2D eigenvalue weighted by molar-refractivity contribution is 5.93. The molecule has 1 aromatic carbocycles. The summed E-state index contributed by atoms with van der Waals surface area (Å²) >= 11 is 0. The molecular weight excluding hydrogens is 301 g/mol. The fraction of sp³-hybridized carbons (Fsp3) is 0.286. The molecule has 0 saturated heterocycles. The average molecular weight is 314 g/mol. The van der Waals surface area contributed by atoms with Gasteiger partial charge >= 0.3 is 12.1 Å². The molecule has 1 heterocycles. The van der Waals surface area contributed by atoms with Crippen LogP contribution in [0.15, 0.2) is 34.9 Å². The molecule has 0 aliphatic carbocycles. The highest BCUT2D eigenvalue weighted by Crippen LogP contribution is 2.34. The number of hydrogen-bond acceptors (Lipinski definition) is 4. The van der Waals surface area contributed by atoms with E-state index in [1.165, 1.54) is 18.9 Å². The molecule has 1 aromatic heterocycles. The summed E-state index contributed by atoms with van der Waals surface area (Å²) in [5, 5.41) is 2.92. The van der Waals surface area contributed by atoms with E-state index in [1.54, 1.807) is 30.3 Å². The molecule has 0 radical (unpaired) electrons. The Morgan fingerprint density at radius 2 is 1.95 bits per heavy atom. The molecule has 0 bridgehead atoms. The van der Waals surface area contributed by atoms with Crippen molar-refractivity contribution >= 4 is 11.6 Å². The number of hydrogen-bond donors (Lipinski definition) is 0. The van der Waals surface area contributed by atoms with Gasteiger partial charge < -0.3 is 14.2 Å². The molecule has 22 heavy (non-hydrogen) atoms. The van der Waals surface area contributed by atoms with E-state index in [1.807, 2.05) is 0 Å². The SMILES string of the molecule is Cc1c(C(F)(F)F)noc1OCC(=O)N(C)c1ccccc1. The Morgan fingerprint density at radius 3 is 2.50 bits per heavy atom. The second kappa shape index (κ2) is 6.08. The summed E-state index contributed by atoms with van der Waals surface area (Å²) in [6.45, 7) is 0.707. The molecule has 0 aliphatic rings. The summed E-state index contributed by atoms with van der Waals surface area (Å²) in [5.74, 6) is -0.849. The van der Waals surface area contributed by atoms with E-state index in [0.29, 0.717) is 5.69 Å². The number of alkyl halides is 3. The quantitative estimate of drug-likeness (QED) is 0.870. The third-order valence-corrected chi connectivity index (χ3v) is 2.99. The van der Waals surface area contributed by atoms with Gasteiger partial charge in [0, 0.05) is 12.7 Å². The number of likely N-dealkylation sites (N-methyl/N-ethyl adjacent to an activating group) is 1. The van der Waals surface area contributed by atoms with Crippen molar-refractivity contribution in [2.75, 3.05) is 18.6 Å². The number of nitrogens with zero attached hydrogens (tertiary/aromatic N) is 2. The van der Waals surface area contributed by atoms with Crippen molar-refractivity contribution in [1.29, 1.82) is 0 Å². The van der Waals surface area contributed by atoms with Gasteiger partial charge in [0.05, 0.1) is 5.56 Å². The summed E-state index contributed by atoms with van der Waals surface area (Å²) in [4.78, 5) is 13.3. The maximum absolute atomic E-state index is 12.6. The molecule has 0 aliphatic heterocycles. The van der Waals surface area contributed by atoms with Crippen LogP contribution in [-0.2, 0) is 11.0 Å². The van der Waals surface area contributed by atoms with Gasteiger partial charge in [-0.05, 0) is 19.1 Å². The van der Waals surface area contributed by atoms with Crippen molar-refractivity contribution in [1.82, 2.24) is 5.16 Å². The van der Waals surface area contributed by atoms with Crippen LogP contribution >= 0.6 is 0 Å². The third kappa shape index (κ3) is 3.38. The zero-order valence-electron chi connectivity index (χ0n) is 11.8. The molecule has 118 valence electrons. The largest absolute Gasteiger partial charge is 0.453 e. The highest BCUT2D eigenvalue weighted by atomic mass is 19.4. The summed E-state index contributed by atoms with van der Waals surface area (Å²) < 4.78 is 47.2. The second-order valence-electron chi connectivity index (χ2n) is 4.52. The Hall–Kier alpha value is -2.51. The number of ether oxygens (including phenoxy) is 1. The number of carbonyl (C=O) groups excluding carboxylic acids is 1. The Bertz CT molecular complexity index is 653. The number of anilines is 1. The number of carbonyl (C=O) groups is 1. The Kier molecular flexibility index (Phi) is 4.39. The van der Waals surface area contributed by atoms with Crippen molar-refractivity contribution in [3.05, 3.63) is 41.6 Å². The maximum Gasteiger partial charge on any atom is 0.437 e. The molecule has 5 nitrogen and oxygen atoms in total. The van der Waals surface area contributed by atoms with Gasteiger partial charge in [-0.1, -0.05) is 23.4 Å². The Morgan fingerprint density at radius 1 is 1.32 bits per heavy atom. The fourth-order valence-electron chi connectivity index (χ4n) is 1.74. The number of halogens is 3. The van der Waals surface area contributed by atoms with Gasteiger partial charge in [0.25, 0.3) is 5.91 Å². The minimum Gasteiger partial charge on any atom is -0.453 e. The zero-order chi connectivity index (χ0) is 16.3. The molecule has 0 unspecified atom stereocenters. The van der Waals surface area contributed by atoms with E-state index in [2.05, 4.69) is 9.68 Å². The van der Waals surface area contributed by atoms with Crippen LogP contribution in [0.4, 0.5) is 18.9 Å². The van der Waals surface area contributed by atoms with Gasteiger partial charge in [-0.3, -0.25) is 4.79 Å². The van der Waals surface area contributed by atoms with E-state index in [0.717, 1.165) is 0 Å². The lowest BCUT2D eigenvalue weighted by atomic mass is 10.2. The minimum atomic E-state index is -4.62. The monoisotopic (exact) mass is 314 g/mol. The van der Waals surface area contributed by atoms with Gasteiger partial charge in [0.15, 0.2) is 12.3 Å². The standard InChI is InChI=1S/C14H13F3N2O3/c1-9-12(14(15,16)17)18-22-13(9)21-8-11(20)19(2)10-6-4-3-5-7-10/h3-7H,8H2,1-2H3. The van der Waals surface area contributed by atoms with Crippen molar-refractivity contribution in [3.63, 3.8) is 0 Å². The van der Waals surface area contributed by atoms with E-state index in [4.69, 9.17) is 4.74 Å². The Labute approximate surface area is 124 Å². The van der Waals surface area contributed by atoms with Crippen LogP contribution in [0.3, 0.4) is 0 Å². The molecular formula is C14H13F3N2O3. The van der Waals surface area contributed by atoms with Gasteiger partial charge in [0.1, 0.15) is 0 Å². The average Bonchev–Trinajstić information content (AvgIpc) is 2.86. The first-order valence-corrected chi connectivity index (χ1v) is 6.28. The second-order valence-corrected chi connectivity index (χ2v) is 4.52. The molecule has 2 rings (SSSR count). The van der Waals surface area contributed by atoms with Crippen LogP contribution in [0.25, 0.3) is 0 Å². The van der Waals surface area contributed by atoms with E-state index in [-0.39, 0.29) is 5.56 Å². The van der Waals surface area contributed by atoms with E-state index < -0.39 is 30.3 Å².